The highest BCUT2D eigenvalue weighted by Gasteiger charge is 2.23. The van der Waals surface area contributed by atoms with Crippen LogP contribution in [0.3, 0.4) is 0 Å². The lowest BCUT2D eigenvalue weighted by Crippen LogP contribution is -2.30. The Balaban J connectivity index is 1.72. The zero-order chi connectivity index (χ0) is 14.7. The predicted octanol–water partition coefficient (Wildman–Crippen LogP) is 3.88. The van der Waals surface area contributed by atoms with Gasteiger partial charge < -0.3 is 5.32 Å². The van der Waals surface area contributed by atoms with E-state index in [0.29, 0.717) is 0 Å². The number of amides is 1. The van der Waals surface area contributed by atoms with E-state index in [1.807, 2.05) is 0 Å². The molecule has 0 radical (unpaired) electrons. The first-order valence-corrected chi connectivity index (χ1v) is 8.95. The first-order valence-electron chi connectivity index (χ1n) is 7.19. The second-order valence-electron chi connectivity index (χ2n) is 5.26. The molecule has 3 rings (SSSR count). The second-order valence-corrected chi connectivity index (χ2v) is 7.57. The summed E-state index contributed by atoms with van der Waals surface area (Å²) >= 11 is 3.22. The maximum Gasteiger partial charge on any atom is 0.233 e. The van der Waals surface area contributed by atoms with Crippen molar-refractivity contribution in [1.82, 2.24) is 10.3 Å². The van der Waals surface area contributed by atoms with Crippen LogP contribution >= 0.6 is 23.1 Å². The molecule has 1 aliphatic rings. The van der Waals surface area contributed by atoms with Gasteiger partial charge in [0.2, 0.25) is 5.91 Å². The molecule has 3 nitrogen and oxygen atoms in total. The average Bonchev–Trinajstić information content (AvgIpc) is 2.85. The van der Waals surface area contributed by atoms with E-state index in [0.717, 1.165) is 41.4 Å². The average molecular weight is 318 g/mol. The lowest BCUT2D eigenvalue weighted by atomic mass is 10.1. The standard InChI is InChI=1S/C16H18N2OS2/c1-11-5-7-12(8-6-11)13-10-20-16(18-13)21-14-4-2-3-9-17-15(14)19/h5-8,10,14H,2-4,9H2,1H3,(H,17,19)/t14-/m1/s1. The molecule has 0 spiro atoms. The van der Waals surface area contributed by atoms with E-state index in [1.54, 1.807) is 23.1 Å². The molecule has 0 saturated carbocycles. The Morgan fingerprint density at radius 3 is 2.90 bits per heavy atom. The highest BCUT2D eigenvalue weighted by molar-refractivity contribution is 8.02. The Labute approximate surface area is 133 Å². The second kappa shape index (κ2) is 6.62. The van der Waals surface area contributed by atoms with Crippen LogP contribution in [0, 0.1) is 6.92 Å². The number of carbonyl (C=O) groups excluding carboxylic acids is 1. The van der Waals surface area contributed by atoms with Crippen molar-refractivity contribution >= 4 is 29.0 Å². The number of rotatable bonds is 3. The molecule has 1 fully saturated rings. The monoisotopic (exact) mass is 318 g/mol. The molecule has 1 N–H and O–H groups in total. The fourth-order valence-electron chi connectivity index (χ4n) is 2.31. The van der Waals surface area contributed by atoms with Crippen LogP contribution in [-0.4, -0.2) is 22.7 Å². The summed E-state index contributed by atoms with van der Waals surface area (Å²) in [6, 6.07) is 8.38. The molecule has 0 aliphatic carbocycles. The van der Waals surface area contributed by atoms with E-state index in [9.17, 15) is 4.79 Å². The van der Waals surface area contributed by atoms with Crippen molar-refractivity contribution in [2.75, 3.05) is 6.54 Å². The summed E-state index contributed by atoms with van der Waals surface area (Å²) in [5, 5.41) is 5.05. The van der Waals surface area contributed by atoms with Gasteiger partial charge in [0.1, 0.15) is 0 Å². The van der Waals surface area contributed by atoms with Crippen molar-refractivity contribution in [3.8, 4) is 11.3 Å². The van der Waals surface area contributed by atoms with Crippen LogP contribution in [-0.2, 0) is 4.79 Å². The number of aromatic nitrogens is 1. The minimum atomic E-state index is 0.00418. The zero-order valence-electron chi connectivity index (χ0n) is 12.0. The Hall–Kier alpha value is -1.33. The van der Waals surface area contributed by atoms with E-state index in [1.165, 1.54) is 5.56 Å². The van der Waals surface area contributed by atoms with Gasteiger partial charge in [-0.15, -0.1) is 11.3 Å². The first kappa shape index (κ1) is 14.6. The smallest absolute Gasteiger partial charge is 0.233 e. The van der Waals surface area contributed by atoms with Crippen molar-refractivity contribution in [2.45, 2.75) is 35.8 Å². The van der Waals surface area contributed by atoms with Crippen molar-refractivity contribution in [2.24, 2.45) is 0 Å². The molecule has 1 aliphatic heterocycles. The molecule has 21 heavy (non-hydrogen) atoms. The van der Waals surface area contributed by atoms with Gasteiger partial charge in [-0.1, -0.05) is 48.0 Å². The molecule has 1 atom stereocenters. The number of thioether (sulfide) groups is 1. The van der Waals surface area contributed by atoms with Gasteiger partial charge in [0.15, 0.2) is 4.34 Å². The number of aryl methyl sites for hydroxylation is 1. The highest BCUT2D eigenvalue weighted by Crippen LogP contribution is 2.33. The van der Waals surface area contributed by atoms with E-state index < -0.39 is 0 Å². The van der Waals surface area contributed by atoms with E-state index in [4.69, 9.17) is 0 Å². The summed E-state index contributed by atoms with van der Waals surface area (Å²) in [4.78, 5) is 16.6. The van der Waals surface area contributed by atoms with Crippen molar-refractivity contribution in [1.29, 1.82) is 0 Å². The highest BCUT2D eigenvalue weighted by atomic mass is 32.2. The molecule has 2 heterocycles. The SMILES string of the molecule is Cc1ccc(-c2csc(S[C@@H]3CCCCNC3=O)n2)cc1. The van der Waals surface area contributed by atoms with Gasteiger partial charge in [-0.05, 0) is 19.8 Å². The normalized spacial score (nSPS) is 19.1. The van der Waals surface area contributed by atoms with Crippen molar-refractivity contribution in [3.05, 3.63) is 35.2 Å². The largest absolute Gasteiger partial charge is 0.355 e. The topological polar surface area (TPSA) is 42.0 Å². The summed E-state index contributed by atoms with van der Waals surface area (Å²) in [5.41, 5.74) is 3.38. The number of benzene rings is 1. The molecule has 0 unspecified atom stereocenters. The van der Waals surface area contributed by atoms with Gasteiger partial charge in [0.25, 0.3) is 0 Å². The zero-order valence-corrected chi connectivity index (χ0v) is 13.6. The van der Waals surface area contributed by atoms with Gasteiger partial charge in [0, 0.05) is 17.5 Å². The fourth-order valence-corrected chi connectivity index (χ4v) is 4.45. The molecule has 1 amide bonds. The van der Waals surface area contributed by atoms with Crippen LogP contribution in [0.15, 0.2) is 34.0 Å². The summed E-state index contributed by atoms with van der Waals surface area (Å²) in [6.07, 6.45) is 3.12. The minimum Gasteiger partial charge on any atom is -0.355 e. The van der Waals surface area contributed by atoms with Gasteiger partial charge in [-0.25, -0.2) is 4.98 Å². The van der Waals surface area contributed by atoms with Gasteiger partial charge in [0.05, 0.1) is 10.9 Å². The summed E-state index contributed by atoms with van der Waals surface area (Å²) in [6.45, 7) is 2.89. The summed E-state index contributed by atoms with van der Waals surface area (Å²) in [5.74, 6) is 0.157. The van der Waals surface area contributed by atoms with Crippen LogP contribution in [0.4, 0.5) is 0 Å². The van der Waals surface area contributed by atoms with Gasteiger partial charge >= 0.3 is 0 Å². The number of hydrogen-bond donors (Lipinski definition) is 1. The summed E-state index contributed by atoms with van der Waals surface area (Å²) < 4.78 is 0.979. The number of nitrogens with one attached hydrogen (secondary N) is 1. The lowest BCUT2D eigenvalue weighted by Gasteiger charge is -2.10. The molecule has 0 bridgehead atoms. The predicted molar refractivity (Wildman–Crippen MR) is 88.8 cm³/mol. The summed E-state index contributed by atoms with van der Waals surface area (Å²) in [7, 11) is 0. The van der Waals surface area contributed by atoms with Crippen LogP contribution in [0.1, 0.15) is 24.8 Å². The molecule has 5 heteroatoms. The minimum absolute atomic E-state index is 0.00418. The number of nitrogens with zero attached hydrogens (tertiary/aromatic N) is 1. The quantitative estimate of drug-likeness (QED) is 0.934. The van der Waals surface area contributed by atoms with Gasteiger partial charge in [-0.3, -0.25) is 4.79 Å². The van der Waals surface area contributed by atoms with E-state index >= 15 is 0 Å². The number of hydrogen-bond acceptors (Lipinski definition) is 4. The first-order chi connectivity index (χ1) is 10.2. The van der Waals surface area contributed by atoms with Crippen LogP contribution < -0.4 is 5.32 Å². The Kier molecular flexibility index (Phi) is 4.60. The molecule has 110 valence electrons. The Morgan fingerprint density at radius 2 is 2.10 bits per heavy atom. The molecule has 1 saturated heterocycles. The maximum absolute atomic E-state index is 12.0. The molecular weight excluding hydrogens is 300 g/mol. The number of thiazole rings is 1. The van der Waals surface area contributed by atoms with Crippen LogP contribution in [0.25, 0.3) is 11.3 Å². The Morgan fingerprint density at radius 1 is 1.29 bits per heavy atom. The fraction of sp³-hybridized carbons (Fsp3) is 0.375. The molecule has 1 aromatic carbocycles. The third-order valence-electron chi connectivity index (χ3n) is 3.56. The maximum atomic E-state index is 12.0. The molecular formula is C16H18N2OS2. The van der Waals surface area contributed by atoms with Crippen LogP contribution in [0.5, 0.6) is 0 Å². The van der Waals surface area contributed by atoms with Crippen LogP contribution in [0.2, 0.25) is 0 Å². The molecule has 2 aromatic rings. The third kappa shape index (κ3) is 3.66. The Bertz CT molecular complexity index is 621. The lowest BCUT2D eigenvalue weighted by molar-refractivity contribution is -0.120. The van der Waals surface area contributed by atoms with E-state index in [2.05, 4.69) is 46.9 Å². The third-order valence-corrected chi connectivity index (χ3v) is 5.80. The number of carbonyl (C=O) groups is 1. The van der Waals surface area contributed by atoms with E-state index in [-0.39, 0.29) is 11.2 Å². The van der Waals surface area contributed by atoms with Crippen molar-refractivity contribution < 1.29 is 4.79 Å². The van der Waals surface area contributed by atoms with Gasteiger partial charge in [-0.2, -0.15) is 0 Å². The van der Waals surface area contributed by atoms with Crippen molar-refractivity contribution in [3.63, 3.8) is 0 Å². The molecule has 1 aromatic heterocycles.